The van der Waals surface area contributed by atoms with Crippen molar-refractivity contribution < 1.29 is 9.53 Å². The van der Waals surface area contributed by atoms with Crippen LogP contribution in [0.2, 0.25) is 10.0 Å². The van der Waals surface area contributed by atoms with Crippen LogP contribution in [0, 0.1) is 0 Å². The summed E-state index contributed by atoms with van der Waals surface area (Å²) in [7, 11) is 1.55. The number of carbonyl (C=O) groups is 1. The number of carbonyl (C=O) groups excluding carboxylic acids is 1. The third-order valence-corrected chi connectivity index (χ3v) is 4.83. The largest absolute Gasteiger partial charge is 0.495 e. The minimum Gasteiger partial charge on any atom is -0.495 e. The first kappa shape index (κ1) is 15.4. The topological polar surface area (TPSA) is 38.3 Å². The number of nitrogens with one attached hydrogen (secondary N) is 1. The number of thiophene rings is 1. The van der Waals surface area contributed by atoms with Gasteiger partial charge >= 0.3 is 0 Å². The molecule has 0 unspecified atom stereocenters. The number of rotatable bonds is 2. The van der Waals surface area contributed by atoms with Crippen LogP contribution in [0.1, 0.15) is 30.4 Å². The quantitative estimate of drug-likeness (QED) is 0.862. The van der Waals surface area contributed by atoms with Crippen molar-refractivity contribution in [2.75, 3.05) is 7.11 Å². The number of halogens is 2. The molecule has 0 spiro atoms. The van der Waals surface area contributed by atoms with Crippen LogP contribution in [0.25, 0.3) is 10.1 Å². The van der Waals surface area contributed by atoms with E-state index in [1.54, 1.807) is 13.2 Å². The second kappa shape index (κ2) is 5.43. The molecule has 2 aromatic rings. The van der Waals surface area contributed by atoms with Gasteiger partial charge in [0.1, 0.15) is 15.6 Å². The van der Waals surface area contributed by atoms with Gasteiger partial charge in [-0.25, -0.2) is 0 Å². The molecule has 0 radical (unpaired) electrons. The molecule has 108 valence electrons. The van der Waals surface area contributed by atoms with Crippen molar-refractivity contribution in [3.05, 3.63) is 27.1 Å². The molecule has 0 atom stereocenters. The maximum absolute atomic E-state index is 12.3. The van der Waals surface area contributed by atoms with Crippen LogP contribution < -0.4 is 10.1 Å². The molecule has 0 fully saturated rings. The molecule has 0 aliphatic heterocycles. The highest BCUT2D eigenvalue weighted by Gasteiger charge is 2.23. The number of hydrogen-bond donors (Lipinski definition) is 1. The minimum atomic E-state index is -0.321. The van der Waals surface area contributed by atoms with Gasteiger partial charge < -0.3 is 10.1 Å². The predicted molar refractivity (Wildman–Crippen MR) is 85.6 cm³/mol. The fourth-order valence-electron chi connectivity index (χ4n) is 1.78. The van der Waals surface area contributed by atoms with Crippen molar-refractivity contribution in [1.29, 1.82) is 0 Å². The van der Waals surface area contributed by atoms with E-state index >= 15 is 0 Å². The molecular formula is C14H15Cl2NO2S. The van der Waals surface area contributed by atoms with E-state index in [0.717, 1.165) is 10.1 Å². The Morgan fingerprint density at radius 3 is 2.45 bits per heavy atom. The molecule has 20 heavy (non-hydrogen) atoms. The zero-order chi connectivity index (χ0) is 15.1. The summed E-state index contributed by atoms with van der Waals surface area (Å²) in [6, 6.07) is 3.56. The van der Waals surface area contributed by atoms with Gasteiger partial charge in [-0.15, -0.1) is 11.3 Å². The highest BCUT2D eigenvalue weighted by atomic mass is 35.5. The summed E-state index contributed by atoms with van der Waals surface area (Å²) in [4.78, 5) is 12.7. The summed E-state index contributed by atoms with van der Waals surface area (Å²) < 4.78 is 5.93. The Morgan fingerprint density at radius 1 is 1.25 bits per heavy atom. The van der Waals surface area contributed by atoms with Gasteiger partial charge in [0.2, 0.25) is 0 Å². The number of fused-ring (bicyclic) bond motifs is 1. The first-order chi connectivity index (χ1) is 9.24. The Labute approximate surface area is 131 Å². The molecular weight excluding hydrogens is 317 g/mol. The van der Waals surface area contributed by atoms with Gasteiger partial charge in [0.15, 0.2) is 0 Å². The lowest BCUT2D eigenvalue weighted by molar-refractivity contribution is 0.0924. The summed E-state index contributed by atoms with van der Waals surface area (Å²) in [6.45, 7) is 5.76. The molecule has 0 saturated carbocycles. The zero-order valence-corrected chi connectivity index (χ0v) is 14.0. The SMILES string of the molecule is COc1ccc2c(Cl)c(C(=O)NC(C)(C)C)sc2c1Cl. The Morgan fingerprint density at radius 2 is 1.90 bits per heavy atom. The Balaban J connectivity index is 2.54. The van der Waals surface area contributed by atoms with Crippen LogP contribution in [0.4, 0.5) is 0 Å². The van der Waals surface area contributed by atoms with Crippen LogP contribution in [0.3, 0.4) is 0 Å². The van der Waals surface area contributed by atoms with E-state index in [0.29, 0.717) is 20.7 Å². The molecule has 0 aliphatic carbocycles. The lowest BCUT2D eigenvalue weighted by Gasteiger charge is -2.19. The van der Waals surface area contributed by atoms with E-state index in [1.807, 2.05) is 26.8 Å². The average Bonchev–Trinajstić information content (AvgIpc) is 2.66. The number of benzene rings is 1. The Hall–Kier alpha value is -0.970. The molecule has 1 N–H and O–H groups in total. The van der Waals surface area contributed by atoms with Crippen molar-refractivity contribution in [3.8, 4) is 5.75 Å². The molecule has 2 rings (SSSR count). The summed E-state index contributed by atoms with van der Waals surface area (Å²) >= 11 is 13.8. The second-order valence-corrected chi connectivity index (χ2v) is 7.18. The summed E-state index contributed by atoms with van der Waals surface area (Å²) in [5.41, 5.74) is -0.321. The highest BCUT2D eigenvalue weighted by molar-refractivity contribution is 7.22. The van der Waals surface area contributed by atoms with Crippen LogP contribution in [-0.4, -0.2) is 18.6 Å². The van der Waals surface area contributed by atoms with Crippen molar-refractivity contribution in [3.63, 3.8) is 0 Å². The lowest BCUT2D eigenvalue weighted by atomic mass is 10.1. The third-order valence-electron chi connectivity index (χ3n) is 2.62. The number of hydrogen-bond acceptors (Lipinski definition) is 3. The second-order valence-electron chi connectivity index (χ2n) is 5.41. The average molecular weight is 332 g/mol. The van der Waals surface area contributed by atoms with Gasteiger partial charge in [-0.1, -0.05) is 23.2 Å². The maximum Gasteiger partial charge on any atom is 0.263 e. The van der Waals surface area contributed by atoms with E-state index in [4.69, 9.17) is 27.9 Å². The summed E-state index contributed by atoms with van der Waals surface area (Å²) in [6.07, 6.45) is 0. The molecule has 1 heterocycles. The van der Waals surface area contributed by atoms with E-state index in [2.05, 4.69) is 5.32 Å². The molecule has 0 bridgehead atoms. The van der Waals surface area contributed by atoms with E-state index in [-0.39, 0.29) is 11.4 Å². The van der Waals surface area contributed by atoms with Crippen molar-refractivity contribution in [1.82, 2.24) is 5.32 Å². The normalized spacial score (nSPS) is 11.7. The molecule has 3 nitrogen and oxygen atoms in total. The van der Waals surface area contributed by atoms with Gasteiger partial charge in [0.05, 0.1) is 16.8 Å². The van der Waals surface area contributed by atoms with Crippen LogP contribution in [0.15, 0.2) is 12.1 Å². The van der Waals surface area contributed by atoms with E-state index in [9.17, 15) is 4.79 Å². The lowest BCUT2D eigenvalue weighted by Crippen LogP contribution is -2.40. The maximum atomic E-state index is 12.3. The fraction of sp³-hybridized carbons (Fsp3) is 0.357. The minimum absolute atomic E-state index is 0.196. The Bertz CT molecular complexity index is 674. The molecule has 6 heteroatoms. The first-order valence-corrected chi connectivity index (χ1v) is 7.59. The van der Waals surface area contributed by atoms with Gasteiger partial charge in [-0.2, -0.15) is 0 Å². The molecule has 1 aromatic heterocycles. The van der Waals surface area contributed by atoms with Gasteiger partial charge in [0.25, 0.3) is 5.91 Å². The Kier molecular flexibility index (Phi) is 4.19. The van der Waals surface area contributed by atoms with Crippen molar-refractivity contribution in [2.24, 2.45) is 0 Å². The molecule has 1 amide bonds. The standard InChI is InChI=1S/C14H15Cl2NO2S/c1-14(2,3)17-13(18)12-9(15)7-5-6-8(19-4)10(16)11(7)20-12/h5-6H,1-4H3,(H,17,18). The molecule has 0 aliphatic rings. The smallest absolute Gasteiger partial charge is 0.263 e. The van der Waals surface area contributed by atoms with Crippen LogP contribution >= 0.6 is 34.5 Å². The van der Waals surface area contributed by atoms with Gasteiger partial charge in [-0.05, 0) is 32.9 Å². The third kappa shape index (κ3) is 2.87. The number of ether oxygens (including phenoxy) is 1. The van der Waals surface area contributed by atoms with Gasteiger partial charge in [0, 0.05) is 10.9 Å². The fourth-order valence-corrected chi connectivity index (χ4v) is 3.57. The van der Waals surface area contributed by atoms with E-state index < -0.39 is 0 Å². The monoisotopic (exact) mass is 331 g/mol. The summed E-state index contributed by atoms with van der Waals surface area (Å²) in [5.74, 6) is 0.374. The summed E-state index contributed by atoms with van der Waals surface area (Å²) in [5, 5.41) is 4.57. The molecule has 1 aromatic carbocycles. The zero-order valence-electron chi connectivity index (χ0n) is 11.6. The molecule has 0 saturated heterocycles. The van der Waals surface area contributed by atoms with Crippen LogP contribution in [0.5, 0.6) is 5.75 Å². The highest BCUT2D eigenvalue weighted by Crippen LogP contribution is 2.42. The van der Waals surface area contributed by atoms with Crippen molar-refractivity contribution >= 4 is 50.5 Å². The predicted octanol–water partition coefficient (Wildman–Crippen LogP) is 4.75. The number of methoxy groups -OCH3 is 1. The van der Waals surface area contributed by atoms with Crippen LogP contribution in [-0.2, 0) is 0 Å². The number of amides is 1. The van der Waals surface area contributed by atoms with Gasteiger partial charge in [-0.3, -0.25) is 4.79 Å². The first-order valence-electron chi connectivity index (χ1n) is 6.01. The van der Waals surface area contributed by atoms with Crippen molar-refractivity contribution in [2.45, 2.75) is 26.3 Å². The van der Waals surface area contributed by atoms with E-state index in [1.165, 1.54) is 11.3 Å².